The van der Waals surface area contributed by atoms with E-state index in [1.807, 2.05) is 0 Å². The minimum Gasteiger partial charge on any atom is -0.296 e. The van der Waals surface area contributed by atoms with E-state index >= 15 is 0 Å². The van der Waals surface area contributed by atoms with E-state index in [0.29, 0.717) is 17.8 Å². The van der Waals surface area contributed by atoms with Crippen LogP contribution in [0.25, 0.3) is 0 Å². The van der Waals surface area contributed by atoms with Crippen LogP contribution in [-0.4, -0.2) is 45.0 Å². The minimum atomic E-state index is -3.28. The first-order valence-corrected chi connectivity index (χ1v) is 9.16. The summed E-state index contributed by atoms with van der Waals surface area (Å²) in [5.74, 6) is 0.0859. The normalized spacial score (nSPS) is 16.4. The van der Waals surface area contributed by atoms with Crippen LogP contribution in [-0.2, 0) is 10.0 Å². The zero-order valence-electron chi connectivity index (χ0n) is 12.7. The van der Waals surface area contributed by atoms with Gasteiger partial charge in [0.05, 0.1) is 12.8 Å². The zero-order valence-corrected chi connectivity index (χ0v) is 14.4. The van der Waals surface area contributed by atoms with Crippen molar-refractivity contribution in [3.8, 4) is 0 Å². The van der Waals surface area contributed by atoms with Crippen LogP contribution in [0.5, 0.6) is 0 Å². The number of nitrogens with zero attached hydrogens (tertiary/aromatic N) is 1. The van der Waals surface area contributed by atoms with Crippen LogP contribution in [0.15, 0.2) is 24.3 Å². The molecule has 1 saturated heterocycles. The zero-order chi connectivity index (χ0) is 15.3. The second-order valence-electron chi connectivity index (χ2n) is 5.57. The average Bonchev–Trinajstić information content (AvgIpc) is 2.66. The van der Waals surface area contributed by atoms with Crippen LogP contribution in [0.1, 0.15) is 36.0 Å². The summed E-state index contributed by atoms with van der Waals surface area (Å²) in [5.41, 5.74) is 1.10. The van der Waals surface area contributed by atoms with Crippen LogP contribution in [0, 0.1) is 0 Å². The predicted octanol–water partition coefficient (Wildman–Crippen LogP) is 2.54. The van der Waals surface area contributed by atoms with Gasteiger partial charge < -0.3 is 0 Å². The van der Waals surface area contributed by atoms with Gasteiger partial charge in [-0.2, -0.15) is 0 Å². The van der Waals surface area contributed by atoms with Gasteiger partial charge in [0.2, 0.25) is 10.0 Å². The minimum absolute atomic E-state index is 0. The Bertz CT molecular complexity index is 579. The maximum Gasteiger partial charge on any atom is 0.229 e. The summed E-state index contributed by atoms with van der Waals surface area (Å²) in [6.45, 7) is 2.41. The van der Waals surface area contributed by atoms with Crippen molar-refractivity contribution >= 4 is 33.9 Å². The Kier molecular flexibility index (Phi) is 7.32. The lowest BCUT2D eigenvalue weighted by Crippen LogP contribution is -2.30. The van der Waals surface area contributed by atoms with E-state index in [1.54, 1.807) is 24.3 Å². The molecule has 1 aliphatic heterocycles. The fourth-order valence-electron chi connectivity index (χ4n) is 2.53. The number of hydrogen-bond donors (Lipinski definition) is 1. The third-order valence-corrected chi connectivity index (χ3v) is 4.18. The molecular weight excluding hydrogens is 324 g/mol. The summed E-state index contributed by atoms with van der Waals surface area (Å²) in [6.07, 6.45) is 5.91. The molecule has 2 rings (SSSR count). The summed E-state index contributed by atoms with van der Waals surface area (Å²) >= 11 is 0. The second kappa shape index (κ2) is 8.50. The monoisotopic (exact) mass is 346 g/mol. The van der Waals surface area contributed by atoms with E-state index in [2.05, 4.69) is 9.62 Å². The number of anilines is 1. The lowest BCUT2D eigenvalue weighted by Gasteiger charge is -2.18. The fourth-order valence-corrected chi connectivity index (χ4v) is 3.09. The molecular formula is C15H23ClN2O3S. The molecule has 1 aromatic carbocycles. The molecule has 7 heteroatoms. The van der Waals surface area contributed by atoms with Gasteiger partial charge in [-0.3, -0.25) is 14.4 Å². The Hall–Kier alpha value is -1.11. The first-order chi connectivity index (χ1) is 9.94. The third-order valence-electron chi connectivity index (χ3n) is 3.58. The van der Waals surface area contributed by atoms with E-state index in [4.69, 9.17) is 0 Å². The predicted molar refractivity (Wildman–Crippen MR) is 91.4 cm³/mol. The number of rotatable bonds is 5. The van der Waals surface area contributed by atoms with Gasteiger partial charge in [0.25, 0.3) is 0 Å². The molecule has 1 fully saturated rings. The van der Waals surface area contributed by atoms with E-state index in [-0.39, 0.29) is 18.2 Å². The van der Waals surface area contributed by atoms with Crippen molar-refractivity contribution in [3.63, 3.8) is 0 Å². The number of likely N-dealkylation sites (tertiary alicyclic amines) is 1. The summed E-state index contributed by atoms with van der Waals surface area (Å²) in [7, 11) is -3.28. The van der Waals surface area contributed by atoms with E-state index in [0.717, 1.165) is 32.2 Å². The summed E-state index contributed by atoms with van der Waals surface area (Å²) in [6, 6.07) is 6.59. The van der Waals surface area contributed by atoms with Crippen LogP contribution < -0.4 is 4.72 Å². The number of Topliss-reactive ketones (excluding diaryl/α,β-unsaturated/α-hetero) is 1. The standard InChI is InChI=1S/C15H22N2O3S.ClH/c1-21(19,20)16-14-8-6-13(7-9-14)15(18)12-17-10-4-2-3-5-11-17;/h6-9,16H,2-5,10-12H2,1H3;1H. The van der Waals surface area contributed by atoms with Crippen molar-refractivity contribution in [3.05, 3.63) is 29.8 Å². The van der Waals surface area contributed by atoms with Gasteiger partial charge in [0.15, 0.2) is 5.78 Å². The molecule has 0 aromatic heterocycles. The SMILES string of the molecule is CS(=O)(=O)Nc1ccc(C(=O)CN2CCCCCC2)cc1.Cl. The number of halogens is 1. The van der Waals surface area contributed by atoms with Crippen molar-refractivity contribution in [1.29, 1.82) is 0 Å². The van der Waals surface area contributed by atoms with Crippen molar-refractivity contribution in [2.75, 3.05) is 30.6 Å². The van der Waals surface area contributed by atoms with Crippen LogP contribution >= 0.6 is 12.4 Å². The molecule has 0 atom stereocenters. The van der Waals surface area contributed by atoms with Crippen molar-refractivity contribution in [2.45, 2.75) is 25.7 Å². The Labute approximate surface area is 138 Å². The molecule has 5 nitrogen and oxygen atoms in total. The molecule has 0 bridgehead atoms. The molecule has 22 heavy (non-hydrogen) atoms. The molecule has 0 saturated carbocycles. The van der Waals surface area contributed by atoms with Gasteiger partial charge in [-0.25, -0.2) is 8.42 Å². The molecule has 1 aromatic rings. The number of carbonyl (C=O) groups excluding carboxylic acids is 1. The van der Waals surface area contributed by atoms with Gasteiger partial charge in [0.1, 0.15) is 0 Å². The fraction of sp³-hybridized carbons (Fsp3) is 0.533. The highest BCUT2D eigenvalue weighted by Crippen LogP contribution is 2.14. The largest absolute Gasteiger partial charge is 0.296 e. The lowest BCUT2D eigenvalue weighted by atomic mass is 10.1. The van der Waals surface area contributed by atoms with Crippen LogP contribution in [0.3, 0.4) is 0 Å². The van der Waals surface area contributed by atoms with Crippen molar-refractivity contribution in [2.24, 2.45) is 0 Å². The van der Waals surface area contributed by atoms with Gasteiger partial charge in [0, 0.05) is 11.3 Å². The summed E-state index contributed by atoms with van der Waals surface area (Å²) < 4.78 is 24.6. The maximum atomic E-state index is 12.2. The third kappa shape index (κ3) is 6.34. The number of ketones is 1. The Morgan fingerprint density at radius 1 is 1.09 bits per heavy atom. The van der Waals surface area contributed by atoms with E-state index < -0.39 is 10.0 Å². The smallest absolute Gasteiger partial charge is 0.229 e. The molecule has 0 unspecified atom stereocenters. The van der Waals surface area contributed by atoms with Gasteiger partial charge in [-0.15, -0.1) is 12.4 Å². The topological polar surface area (TPSA) is 66.5 Å². The number of benzene rings is 1. The second-order valence-corrected chi connectivity index (χ2v) is 7.31. The first-order valence-electron chi connectivity index (χ1n) is 7.27. The van der Waals surface area contributed by atoms with E-state index in [1.165, 1.54) is 12.8 Å². The molecule has 0 radical (unpaired) electrons. The average molecular weight is 347 g/mol. The molecule has 1 N–H and O–H groups in total. The molecule has 0 amide bonds. The van der Waals surface area contributed by atoms with Crippen LogP contribution in [0.4, 0.5) is 5.69 Å². The van der Waals surface area contributed by atoms with Gasteiger partial charge in [-0.05, 0) is 50.2 Å². The Morgan fingerprint density at radius 3 is 2.14 bits per heavy atom. The highest BCUT2D eigenvalue weighted by atomic mass is 35.5. The molecule has 1 heterocycles. The molecule has 124 valence electrons. The quantitative estimate of drug-likeness (QED) is 0.832. The molecule has 0 spiro atoms. The number of sulfonamides is 1. The number of hydrogen-bond acceptors (Lipinski definition) is 4. The summed E-state index contributed by atoms with van der Waals surface area (Å²) in [4.78, 5) is 14.4. The highest BCUT2D eigenvalue weighted by molar-refractivity contribution is 7.92. The first kappa shape index (κ1) is 18.9. The van der Waals surface area contributed by atoms with Gasteiger partial charge >= 0.3 is 0 Å². The van der Waals surface area contributed by atoms with E-state index in [9.17, 15) is 13.2 Å². The van der Waals surface area contributed by atoms with Gasteiger partial charge in [-0.1, -0.05) is 12.8 Å². The molecule has 1 aliphatic rings. The lowest BCUT2D eigenvalue weighted by molar-refractivity contribution is 0.0933. The Balaban J connectivity index is 0.00000242. The van der Waals surface area contributed by atoms with Crippen LogP contribution in [0.2, 0.25) is 0 Å². The molecule has 0 aliphatic carbocycles. The summed E-state index contributed by atoms with van der Waals surface area (Å²) in [5, 5.41) is 0. The number of nitrogens with one attached hydrogen (secondary N) is 1. The highest BCUT2D eigenvalue weighted by Gasteiger charge is 2.14. The van der Waals surface area contributed by atoms with Crippen molar-refractivity contribution in [1.82, 2.24) is 4.90 Å². The van der Waals surface area contributed by atoms with Crippen molar-refractivity contribution < 1.29 is 13.2 Å². The number of carbonyl (C=O) groups is 1. The Morgan fingerprint density at radius 2 is 1.64 bits per heavy atom. The maximum absolute atomic E-state index is 12.2.